The molecule has 1 aliphatic rings. The molecule has 0 radical (unpaired) electrons. The van der Waals surface area contributed by atoms with Gasteiger partial charge in [-0.3, -0.25) is 14.6 Å². The summed E-state index contributed by atoms with van der Waals surface area (Å²) < 4.78 is 5.50. The topological polar surface area (TPSA) is 84.2 Å². The van der Waals surface area contributed by atoms with Crippen LogP contribution in [-0.4, -0.2) is 60.5 Å². The number of quaternary nitrogens is 1. The minimum atomic E-state index is -0.681. The van der Waals surface area contributed by atoms with Crippen molar-refractivity contribution in [1.82, 2.24) is 9.88 Å². The van der Waals surface area contributed by atoms with Crippen LogP contribution in [0.15, 0.2) is 54.4 Å². The Morgan fingerprint density at radius 1 is 1.21 bits per heavy atom. The number of aliphatic hydroxyl groups is 1. The van der Waals surface area contributed by atoms with Crippen molar-refractivity contribution in [3.8, 4) is 5.75 Å². The number of carbonyl (C=O) groups is 2. The van der Waals surface area contributed by atoms with Gasteiger partial charge in [0.2, 0.25) is 0 Å². The van der Waals surface area contributed by atoms with Crippen LogP contribution < -0.4 is 9.64 Å². The number of rotatable bonds is 7. The van der Waals surface area contributed by atoms with E-state index in [4.69, 9.17) is 4.74 Å². The van der Waals surface area contributed by atoms with E-state index in [-0.39, 0.29) is 11.3 Å². The van der Waals surface area contributed by atoms with E-state index in [2.05, 4.69) is 4.98 Å². The molecule has 7 heteroatoms. The normalized spacial score (nSPS) is 18.5. The molecule has 7 nitrogen and oxygen atoms in total. The molecule has 152 valence electrons. The van der Waals surface area contributed by atoms with Crippen molar-refractivity contribution < 1.29 is 24.3 Å². The van der Waals surface area contributed by atoms with E-state index in [1.807, 2.05) is 21.0 Å². The van der Waals surface area contributed by atoms with E-state index in [1.54, 1.807) is 48.8 Å². The molecule has 1 aromatic heterocycles. The smallest absolute Gasteiger partial charge is 0.295 e. The van der Waals surface area contributed by atoms with Crippen molar-refractivity contribution in [2.24, 2.45) is 0 Å². The Kier molecular flexibility index (Phi) is 6.29. The minimum absolute atomic E-state index is 0.0867. The number of Topliss-reactive ketones (excluding diaryl/α,β-unsaturated/α-hetero) is 1. The number of aliphatic hydroxyl groups excluding tert-OH is 1. The maximum absolute atomic E-state index is 12.9. The van der Waals surface area contributed by atoms with Crippen molar-refractivity contribution >= 4 is 17.4 Å². The molecule has 1 atom stereocenters. The molecule has 0 bridgehead atoms. The summed E-state index contributed by atoms with van der Waals surface area (Å²) in [7, 11) is 3.97. The van der Waals surface area contributed by atoms with Crippen molar-refractivity contribution in [2.45, 2.75) is 13.0 Å². The fourth-order valence-corrected chi connectivity index (χ4v) is 3.40. The van der Waals surface area contributed by atoms with E-state index in [0.29, 0.717) is 31.0 Å². The summed E-state index contributed by atoms with van der Waals surface area (Å²) in [5.41, 5.74) is 1.25. The van der Waals surface area contributed by atoms with Gasteiger partial charge in [-0.15, -0.1) is 0 Å². The predicted molar refractivity (Wildman–Crippen MR) is 109 cm³/mol. The fourth-order valence-electron chi connectivity index (χ4n) is 3.40. The Labute approximate surface area is 170 Å². The summed E-state index contributed by atoms with van der Waals surface area (Å²) in [6.45, 7) is 3.43. The Hall–Kier alpha value is -3.19. The van der Waals surface area contributed by atoms with Crippen molar-refractivity contribution in [2.75, 3.05) is 33.8 Å². The number of hydrogen-bond acceptors (Lipinski definition) is 5. The molecule has 1 saturated heterocycles. The highest BCUT2D eigenvalue weighted by atomic mass is 16.5. The first-order chi connectivity index (χ1) is 13.9. The summed E-state index contributed by atoms with van der Waals surface area (Å²) in [4.78, 5) is 32.4. The first-order valence-electron chi connectivity index (χ1n) is 9.64. The van der Waals surface area contributed by atoms with E-state index in [0.717, 1.165) is 10.5 Å². The second kappa shape index (κ2) is 8.87. The molecule has 2 N–H and O–H groups in total. The highest BCUT2D eigenvalue weighted by Crippen LogP contribution is 2.39. The predicted octanol–water partition coefficient (Wildman–Crippen LogP) is 1.05. The number of carbonyl (C=O) groups excluding carboxylic acids is 2. The fraction of sp³-hybridized carbons (Fsp3) is 0.318. The molecular weight excluding hydrogens is 370 g/mol. The van der Waals surface area contributed by atoms with Gasteiger partial charge in [0, 0.05) is 18.0 Å². The number of aromatic nitrogens is 1. The third kappa shape index (κ3) is 4.30. The SMILES string of the molecule is CCOc1cccc(C(O)=C2C(=O)C(=O)N(CC[NH+](C)C)[C@H]2c2ccncc2)c1. The summed E-state index contributed by atoms with van der Waals surface area (Å²) in [5.74, 6) is -0.899. The van der Waals surface area contributed by atoms with Crippen LogP contribution in [0.25, 0.3) is 5.76 Å². The first kappa shape index (κ1) is 20.5. The standard InChI is InChI=1S/C22H25N3O4/c1-4-29-17-7-5-6-16(14-17)20(26)18-19(15-8-10-23-11-9-15)25(13-12-24(2)3)22(28)21(18)27/h5-11,14,19,26H,4,12-13H2,1-3H3/p+1/t19-/m0/s1. The van der Waals surface area contributed by atoms with Crippen LogP contribution in [0.2, 0.25) is 0 Å². The van der Waals surface area contributed by atoms with Gasteiger partial charge >= 0.3 is 0 Å². The number of pyridine rings is 1. The number of likely N-dealkylation sites (N-methyl/N-ethyl adjacent to an activating group) is 1. The molecule has 0 saturated carbocycles. The highest BCUT2D eigenvalue weighted by Gasteiger charge is 2.46. The monoisotopic (exact) mass is 396 g/mol. The van der Waals surface area contributed by atoms with E-state index in [9.17, 15) is 14.7 Å². The Balaban J connectivity index is 2.11. The number of nitrogens with zero attached hydrogens (tertiary/aromatic N) is 2. The third-order valence-corrected chi connectivity index (χ3v) is 4.83. The summed E-state index contributed by atoms with van der Waals surface area (Å²) in [6.07, 6.45) is 3.23. The highest BCUT2D eigenvalue weighted by molar-refractivity contribution is 6.46. The molecule has 0 unspecified atom stereocenters. The third-order valence-electron chi connectivity index (χ3n) is 4.83. The zero-order valence-electron chi connectivity index (χ0n) is 16.9. The number of amides is 1. The van der Waals surface area contributed by atoms with Crippen LogP contribution in [0.1, 0.15) is 24.1 Å². The second-order valence-corrected chi connectivity index (χ2v) is 7.19. The van der Waals surface area contributed by atoms with Gasteiger partial charge in [0.1, 0.15) is 11.5 Å². The number of likely N-dealkylation sites (tertiary alicyclic amines) is 1. The molecule has 1 amide bonds. The molecule has 0 aliphatic carbocycles. The first-order valence-corrected chi connectivity index (χ1v) is 9.64. The van der Waals surface area contributed by atoms with Crippen molar-refractivity contribution in [3.05, 3.63) is 65.5 Å². The largest absolute Gasteiger partial charge is 0.507 e. The Morgan fingerprint density at radius 3 is 2.59 bits per heavy atom. The van der Waals surface area contributed by atoms with Gasteiger partial charge in [0.15, 0.2) is 0 Å². The average molecular weight is 396 g/mol. The Morgan fingerprint density at radius 2 is 1.93 bits per heavy atom. The molecule has 2 aromatic rings. The molecule has 0 spiro atoms. The zero-order valence-corrected chi connectivity index (χ0v) is 16.9. The zero-order chi connectivity index (χ0) is 21.0. The molecular formula is C22H26N3O4+. The van der Waals surface area contributed by atoms with Crippen LogP contribution >= 0.6 is 0 Å². The number of hydrogen-bond donors (Lipinski definition) is 2. The van der Waals surface area contributed by atoms with Gasteiger partial charge in [0.25, 0.3) is 11.7 Å². The van der Waals surface area contributed by atoms with Gasteiger partial charge in [-0.1, -0.05) is 12.1 Å². The van der Waals surface area contributed by atoms with E-state index >= 15 is 0 Å². The van der Waals surface area contributed by atoms with Crippen LogP contribution in [0.5, 0.6) is 5.75 Å². The molecule has 1 aliphatic heterocycles. The average Bonchev–Trinajstić information content (AvgIpc) is 2.97. The van der Waals surface area contributed by atoms with Crippen LogP contribution in [0, 0.1) is 0 Å². The van der Waals surface area contributed by atoms with Gasteiger partial charge in [-0.2, -0.15) is 0 Å². The number of ether oxygens (including phenoxy) is 1. The lowest BCUT2D eigenvalue weighted by atomic mass is 9.96. The number of benzene rings is 1. The maximum Gasteiger partial charge on any atom is 0.295 e. The lowest BCUT2D eigenvalue weighted by molar-refractivity contribution is -0.857. The number of ketones is 1. The number of nitrogens with one attached hydrogen (secondary N) is 1. The summed E-state index contributed by atoms with van der Waals surface area (Å²) >= 11 is 0. The van der Waals surface area contributed by atoms with Crippen LogP contribution in [-0.2, 0) is 9.59 Å². The lowest BCUT2D eigenvalue weighted by Crippen LogP contribution is -3.06. The van der Waals surface area contributed by atoms with Crippen molar-refractivity contribution in [3.63, 3.8) is 0 Å². The molecule has 3 rings (SSSR count). The summed E-state index contributed by atoms with van der Waals surface area (Å²) in [6, 6.07) is 9.74. The maximum atomic E-state index is 12.9. The molecule has 1 aromatic carbocycles. The van der Waals surface area contributed by atoms with Gasteiger partial charge in [-0.05, 0) is 36.8 Å². The van der Waals surface area contributed by atoms with Crippen molar-refractivity contribution in [1.29, 1.82) is 0 Å². The summed E-state index contributed by atoms with van der Waals surface area (Å²) in [5, 5.41) is 11.0. The quantitative estimate of drug-likeness (QED) is 0.415. The van der Waals surface area contributed by atoms with E-state index in [1.165, 1.54) is 4.90 Å². The molecule has 2 heterocycles. The van der Waals surface area contributed by atoms with Gasteiger partial charge < -0.3 is 19.6 Å². The minimum Gasteiger partial charge on any atom is -0.507 e. The van der Waals surface area contributed by atoms with Gasteiger partial charge in [0.05, 0.1) is 45.4 Å². The Bertz CT molecular complexity index is 925. The molecule has 29 heavy (non-hydrogen) atoms. The lowest BCUT2D eigenvalue weighted by Gasteiger charge is -2.25. The van der Waals surface area contributed by atoms with Crippen LogP contribution in [0.4, 0.5) is 0 Å². The van der Waals surface area contributed by atoms with Crippen LogP contribution in [0.3, 0.4) is 0 Å². The molecule has 1 fully saturated rings. The second-order valence-electron chi connectivity index (χ2n) is 7.19. The van der Waals surface area contributed by atoms with E-state index < -0.39 is 17.7 Å². The van der Waals surface area contributed by atoms with Gasteiger partial charge in [-0.25, -0.2) is 0 Å².